The summed E-state index contributed by atoms with van der Waals surface area (Å²) in [5, 5.41) is 11.6. The summed E-state index contributed by atoms with van der Waals surface area (Å²) in [6.07, 6.45) is 1.32. The summed E-state index contributed by atoms with van der Waals surface area (Å²) >= 11 is 1.40. The molecule has 126 valence electrons. The zero-order chi connectivity index (χ0) is 17.1. The van der Waals surface area contributed by atoms with Gasteiger partial charge in [-0.25, -0.2) is 4.98 Å². The minimum atomic E-state index is -0.843. The van der Waals surface area contributed by atoms with Gasteiger partial charge in [0.15, 0.2) is 0 Å². The number of likely N-dealkylation sites (tertiary alicyclic amines) is 1. The fourth-order valence-corrected chi connectivity index (χ4v) is 3.56. The summed E-state index contributed by atoms with van der Waals surface area (Å²) in [6, 6.07) is 7.49. The van der Waals surface area contributed by atoms with E-state index in [-0.39, 0.29) is 12.5 Å². The maximum atomic E-state index is 12.6. The molecule has 1 saturated heterocycles. The molecule has 24 heavy (non-hydrogen) atoms. The molecule has 0 unspecified atom stereocenters. The molecule has 1 aromatic carbocycles. The number of carboxylic acids is 1. The number of aliphatic carboxylic acids is 1. The first-order valence-corrected chi connectivity index (χ1v) is 8.58. The first kappa shape index (κ1) is 16.4. The van der Waals surface area contributed by atoms with Gasteiger partial charge in [-0.2, -0.15) is 0 Å². The molecule has 2 heterocycles. The second-order valence-electron chi connectivity index (χ2n) is 5.69. The lowest BCUT2D eigenvalue weighted by Crippen LogP contribution is -2.42. The van der Waals surface area contributed by atoms with Gasteiger partial charge in [-0.1, -0.05) is 0 Å². The molecule has 1 fully saturated rings. The van der Waals surface area contributed by atoms with Crippen molar-refractivity contribution in [3.8, 4) is 16.3 Å². The van der Waals surface area contributed by atoms with Crippen LogP contribution >= 0.6 is 11.3 Å². The lowest BCUT2D eigenvalue weighted by atomic mass is 9.98. The van der Waals surface area contributed by atoms with Crippen molar-refractivity contribution >= 4 is 23.2 Å². The first-order valence-electron chi connectivity index (χ1n) is 7.70. The molecular formula is C17H18N2O4S. The number of carboxylic acid groups (broad SMARTS) is 1. The molecule has 0 saturated carbocycles. The summed E-state index contributed by atoms with van der Waals surface area (Å²) < 4.78 is 5.13. The van der Waals surface area contributed by atoms with Gasteiger partial charge in [0.1, 0.15) is 16.5 Å². The molecule has 0 aliphatic carbocycles. The SMILES string of the molecule is COc1ccc(-c2nc(C(=O)N3CCC[C@H](C(=O)O)C3)cs2)cc1. The third-order valence-electron chi connectivity index (χ3n) is 4.12. The fourth-order valence-electron chi connectivity index (χ4n) is 2.76. The van der Waals surface area contributed by atoms with E-state index in [1.54, 1.807) is 17.4 Å². The molecule has 0 bridgehead atoms. The van der Waals surface area contributed by atoms with E-state index < -0.39 is 11.9 Å². The topological polar surface area (TPSA) is 79.7 Å². The van der Waals surface area contributed by atoms with Crippen molar-refractivity contribution in [3.05, 3.63) is 35.3 Å². The van der Waals surface area contributed by atoms with Crippen molar-refractivity contribution in [1.82, 2.24) is 9.88 Å². The highest BCUT2D eigenvalue weighted by atomic mass is 32.1. The molecule has 1 aromatic heterocycles. The minimum Gasteiger partial charge on any atom is -0.497 e. The van der Waals surface area contributed by atoms with Crippen molar-refractivity contribution in [1.29, 1.82) is 0 Å². The smallest absolute Gasteiger partial charge is 0.308 e. The van der Waals surface area contributed by atoms with Crippen LogP contribution in [0.1, 0.15) is 23.3 Å². The minimum absolute atomic E-state index is 0.197. The second-order valence-corrected chi connectivity index (χ2v) is 6.55. The lowest BCUT2D eigenvalue weighted by molar-refractivity contribution is -0.143. The van der Waals surface area contributed by atoms with Crippen LogP contribution in [-0.4, -0.2) is 47.1 Å². The molecule has 1 aliphatic rings. The average Bonchev–Trinajstić information content (AvgIpc) is 3.11. The number of hydrogen-bond acceptors (Lipinski definition) is 5. The number of carbonyl (C=O) groups excluding carboxylic acids is 1. The predicted octanol–water partition coefficient (Wildman–Crippen LogP) is 2.76. The number of rotatable bonds is 4. The van der Waals surface area contributed by atoms with E-state index >= 15 is 0 Å². The van der Waals surface area contributed by atoms with Crippen LogP contribution < -0.4 is 4.74 Å². The fraction of sp³-hybridized carbons (Fsp3) is 0.353. The van der Waals surface area contributed by atoms with Crippen LogP contribution in [0.5, 0.6) is 5.75 Å². The van der Waals surface area contributed by atoms with Gasteiger partial charge in [0.25, 0.3) is 5.91 Å². The van der Waals surface area contributed by atoms with Gasteiger partial charge in [-0.3, -0.25) is 9.59 Å². The van der Waals surface area contributed by atoms with Crippen LogP contribution in [0.2, 0.25) is 0 Å². The molecule has 1 amide bonds. The van der Waals surface area contributed by atoms with Crippen molar-refractivity contribution in [2.45, 2.75) is 12.8 Å². The van der Waals surface area contributed by atoms with Crippen molar-refractivity contribution < 1.29 is 19.4 Å². The normalized spacial score (nSPS) is 17.5. The highest BCUT2D eigenvalue weighted by Crippen LogP contribution is 2.27. The Morgan fingerprint density at radius 3 is 2.75 bits per heavy atom. The third-order valence-corrected chi connectivity index (χ3v) is 5.01. The number of aromatic nitrogens is 1. The maximum absolute atomic E-state index is 12.6. The van der Waals surface area contributed by atoms with Crippen LogP contribution in [0, 0.1) is 5.92 Å². The Balaban J connectivity index is 1.74. The highest BCUT2D eigenvalue weighted by molar-refractivity contribution is 7.13. The van der Waals surface area contributed by atoms with Crippen LogP contribution in [0.25, 0.3) is 10.6 Å². The molecule has 0 spiro atoms. The van der Waals surface area contributed by atoms with Gasteiger partial charge >= 0.3 is 5.97 Å². The van der Waals surface area contributed by atoms with E-state index in [0.717, 1.165) is 16.3 Å². The Kier molecular flexibility index (Phi) is 4.80. The van der Waals surface area contributed by atoms with Crippen LogP contribution in [0.15, 0.2) is 29.6 Å². The molecule has 0 radical (unpaired) electrons. The zero-order valence-electron chi connectivity index (χ0n) is 13.3. The Morgan fingerprint density at radius 1 is 1.33 bits per heavy atom. The number of thiazole rings is 1. The van der Waals surface area contributed by atoms with Crippen molar-refractivity contribution in [3.63, 3.8) is 0 Å². The highest BCUT2D eigenvalue weighted by Gasteiger charge is 2.29. The Hall–Kier alpha value is -2.41. The molecular weight excluding hydrogens is 328 g/mol. The van der Waals surface area contributed by atoms with Crippen LogP contribution in [0.4, 0.5) is 0 Å². The zero-order valence-corrected chi connectivity index (χ0v) is 14.1. The van der Waals surface area contributed by atoms with E-state index in [4.69, 9.17) is 9.84 Å². The Bertz CT molecular complexity index is 741. The van der Waals surface area contributed by atoms with Gasteiger partial charge in [0.2, 0.25) is 0 Å². The summed E-state index contributed by atoms with van der Waals surface area (Å²) in [6.45, 7) is 0.835. The number of ether oxygens (including phenoxy) is 1. The van der Waals surface area contributed by atoms with Gasteiger partial charge in [-0.15, -0.1) is 11.3 Å². The quantitative estimate of drug-likeness (QED) is 0.921. The number of hydrogen-bond donors (Lipinski definition) is 1. The molecule has 1 atom stereocenters. The van der Waals surface area contributed by atoms with Gasteiger partial charge < -0.3 is 14.7 Å². The largest absolute Gasteiger partial charge is 0.497 e. The first-order chi connectivity index (χ1) is 11.6. The molecule has 1 aliphatic heterocycles. The Morgan fingerprint density at radius 2 is 2.08 bits per heavy atom. The van der Waals surface area contributed by atoms with E-state index in [2.05, 4.69) is 4.98 Å². The maximum Gasteiger partial charge on any atom is 0.308 e. The average molecular weight is 346 g/mol. The van der Waals surface area contributed by atoms with Gasteiger partial charge in [0.05, 0.1) is 13.0 Å². The third kappa shape index (κ3) is 3.41. The number of amides is 1. The summed E-state index contributed by atoms with van der Waals surface area (Å²) in [5.41, 5.74) is 1.29. The number of methoxy groups -OCH3 is 1. The monoisotopic (exact) mass is 346 g/mol. The predicted molar refractivity (Wildman–Crippen MR) is 90.4 cm³/mol. The number of carbonyl (C=O) groups is 2. The van der Waals surface area contributed by atoms with Crippen LogP contribution in [-0.2, 0) is 4.79 Å². The molecule has 6 nitrogen and oxygen atoms in total. The summed E-state index contributed by atoms with van der Waals surface area (Å²) in [5.74, 6) is -0.760. The Labute approximate surface area is 143 Å². The van der Waals surface area contributed by atoms with Crippen molar-refractivity contribution in [2.75, 3.05) is 20.2 Å². The van der Waals surface area contributed by atoms with Gasteiger partial charge in [-0.05, 0) is 37.1 Å². The molecule has 3 rings (SSSR count). The van der Waals surface area contributed by atoms with E-state index in [1.165, 1.54) is 11.3 Å². The van der Waals surface area contributed by atoms with E-state index in [9.17, 15) is 9.59 Å². The standard InChI is InChI=1S/C17H18N2O4S/c1-23-13-6-4-11(5-7-13)15-18-14(10-24-15)16(20)19-8-2-3-12(9-19)17(21)22/h4-7,10,12H,2-3,8-9H2,1H3,(H,21,22)/t12-/m0/s1. The number of piperidine rings is 1. The lowest BCUT2D eigenvalue weighted by Gasteiger charge is -2.30. The van der Waals surface area contributed by atoms with Gasteiger partial charge in [0, 0.05) is 24.0 Å². The number of nitrogens with zero attached hydrogens (tertiary/aromatic N) is 2. The summed E-state index contributed by atoms with van der Waals surface area (Å²) in [7, 11) is 1.61. The molecule has 7 heteroatoms. The number of benzene rings is 1. The second kappa shape index (κ2) is 7.00. The summed E-state index contributed by atoms with van der Waals surface area (Å²) in [4.78, 5) is 29.7. The molecule has 2 aromatic rings. The molecule has 1 N–H and O–H groups in total. The van der Waals surface area contributed by atoms with E-state index in [1.807, 2.05) is 24.3 Å². The van der Waals surface area contributed by atoms with Crippen LogP contribution in [0.3, 0.4) is 0 Å². The van der Waals surface area contributed by atoms with E-state index in [0.29, 0.717) is 25.1 Å². The van der Waals surface area contributed by atoms with Crippen molar-refractivity contribution in [2.24, 2.45) is 5.92 Å².